The smallest absolute Gasteiger partial charge is 0.215 e. The van der Waals surface area contributed by atoms with E-state index in [4.69, 9.17) is 37.4 Å². The molecule has 2 aromatic rings. The molecule has 0 aliphatic heterocycles. The molecule has 5 heteroatoms. The SMILES string of the molecule is COc1c(Cl)cc2ccccc2c1C(OC)(OC)[C@H](C)Cl. The normalized spacial score (nSPS) is 13.4. The molecule has 0 saturated carbocycles. The number of hydrogen-bond acceptors (Lipinski definition) is 3. The third kappa shape index (κ3) is 2.59. The zero-order valence-electron chi connectivity index (χ0n) is 12.4. The van der Waals surface area contributed by atoms with Gasteiger partial charge in [-0.25, -0.2) is 0 Å². The van der Waals surface area contributed by atoms with Crippen LogP contribution in [0.25, 0.3) is 10.8 Å². The molecule has 0 amide bonds. The first kappa shape index (κ1) is 16.4. The number of alkyl halides is 1. The lowest BCUT2D eigenvalue weighted by Crippen LogP contribution is -2.39. The van der Waals surface area contributed by atoms with Gasteiger partial charge in [-0.2, -0.15) is 0 Å². The molecule has 0 aromatic heterocycles. The summed E-state index contributed by atoms with van der Waals surface area (Å²) in [7, 11) is 4.67. The lowest BCUT2D eigenvalue weighted by atomic mass is 9.94. The van der Waals surface area contributed by atoms with Crippen LogP contribution in [0.5, 0.6) is 5.75 Å². The predicted octanol–water partition coefficient (Wildman–Crippen LogP) is 4.57. The molecule has 0 bridgehead atoms. The number of halogens is 2. The standard InChI is InChI=1S/C16H18Cl2O3/c1-10(17)16(20-3,21-4)14-12-8-6-5-7-11(12)9-13(18)15(14)19-2/h5-10H,1-4H3/t10-/m0/s1. The predicted molar refractivity (Wildman–Crippen MR) is 86.5 cm³/mol. The molecule has 0 spiro atoms. The molecule has 0 radical (unpaired) electrons. The number of benzene rings is 2. The Labute approximate surface area is 134 Å². The summed E-state index contributed by atoms with van der Waals surface area (Å²) in [6, 6.07) is 9.68. The molecular formula is C16H18Cl2O3. The maximum atomic E-state index is 6.37. The lowest BCUT2D eigenvalue weighted by molar-refractivity contribution is -0.214. The minimum absolute atomic E-state index is 0.455. The molecule has 2 aromatic carbocycles. The van der Waals surface area contributed by atoms with Gasteiger partial charge in [0.05, 0.1) is 23.1 Å². The van der Waals surface area contributed by atoms with Gasteiger partial charge in [0.1, 0.15) is 5.75 Å². The van der Waals surface area contributed by atoms with Crippen molar-refractivity contribution in [2.45, 2.75) is 18.1 Å². The molecule has 2 rings (SSSR count). The van der Waals surface area contributed by atoms with Crippen molar-refractivity contribution < 1.29 is 14.2 Å². The van der Waals surface area contributed by atoms with E-state index >= 15 is 0 Å². The van der Waals surface area contributed by atoms with Crippen LogP contribution in [-0.2, 0) is 15.3 Å². The number of methoxy groups -OCH3 is 3. The molecule has 1 atom stereocenters. The van der Waals surface area contributed by atoms with E-state index in [1.54, 1.807) is 21.3 Å². The first-order valence-corrected chi connectivity index (χ1v) is 7.33. The van der Waals surface area contributed by atoms with Crippen LogP contribution >= 0.6 is 23.2 Å². The van der Waals surface area contributed by atoms with Crippen LogP contribution in [-0.4, -0.2) is 26.7 Å². The molecule has 0 unspecified atom stereocenters. The van der Waals surface area contributed by atoms with Crippen molar-refractivity contribution in [2.75, 3.05) is 21.3 Å². The lowest BCUT2D eigenvalue weighted by Gasteiger charge is -2.35. The zero-order valence-corrected chi connectivity index (χ0v) is 14.0. The molecule has 0 aliphatic rings. The number of fused-ring (bicyclic) bond motifs is 1. The van der Waals surface area contributed by atoms with Crippen molar-refractivity contribution in [3.05, 3.63) is 40.9 Å². The van der Waals surface area contributed by atoms with E-state index in [9.17, 15) is 0 Å². The van der Waals surface area contributed by atoms with Gasteiger partial charge in [-0.15, -0.1) is 11.6 Å². The van der Waals surface area contributed by atoms with Crippen LogP contribution in [0.2, 0.25) is 5.02 Å². The first-order valence-electron chi connectivity index (χ1n) is 6.52. The number of rotatable bonds is 5. The maximum Gasteiger partial charge on any atom is 0.215 e. The van der Waals surface area contributed by atoms with Gasteiger partial charge in [0.2, 0.25) is 5.79 Å². The van der Waals surface area contributed by atoms with Crippen LogP contribution in [0.3, 0.4) is 0 Å². The maximum absolute atomic E-state index is 6.37. The largest absolute Gasteiger partial charge is 0.495 e. The molecule has 114 valence electrons. The second-order valence-corrected chi connectivity index (χ2v) is 5.74. The van der Waals surface area contributed by atoms with Crippen molar-refractivity contribution in [1.29, 1.82) is 0 Å². The van der Waals surface area contributed by atoms with Gasteiger partial charge in [-0.3, -0.25) is 0 Å². The van der Waals surface area contributed by atoms with Crippen molar-refractivity contribution in [3.63, 3.8) is 0 Å². The van der Waals surface area contributed by atoms with E-state index in [0.29, 0.717) is 16.3 Å². The average Bonchev–Trinajstić information content (AvgIpc) is 2.48. The van der Waals surface area contributed by atoms with Gasteiger partial charge < -0.3 is 14.2 Å². The molecular weight excluding hydrogens is 311 g/mol. The van der Waals surface area contributed by atoms with Crippen molar-refractivity contribution >= 4 is 34.0 Å². The highest BCUT2D eigenvalue weighted by Crippen LogP contribution is 2.46. The zero-order chi connectivity index (χ0) is 15.6. The number of ether oxygens (including phenoxy) is 3. The molecule has 0 saturated heterocycles. The summed E-state index contributed by atoms with van der Waals surface area (Å²) < 4.78 is 16.8. The summed E-state index contributed by atoms with van der Waals surface area (Å²) in [6.07, 6.45) is 0. The third-order valence-corrected chi connectivity index (χ3v) is 4.21. The van der Waals surface area contributed by atoms with E-state index in [0.717, 1.165) is 10.8 Å². The van der Waals surface area contributed by atoms with Gasteiger partial charge in [0, 0.05) is 14.2 Å². The molecule has 0 N–H and O–H groups in total. The van der Waals surface area contributed by atoms with Crippen molar-refractivity contribution in [1.82, 2.24) is 0 Å². The highest BCUT2D eigenvalue weighted by atomic mass is 35.5. The van der Waals surface area contributed by atoms with Crippen LogP contribution in [0.1, 0.15) is 12.5 Å². The summed E-state index contributed by atoms with van der Waals surface area (Å²) in [5, 5.41) is 1.93. The molecule has 0 aliphatic carbocycles. The van der Waals surface area contributed by atoms with Crippen molar-refractivity contribution in [3.8, 4) is 5.75 Å². The van der Waals surface area contributed by atoms with Gasteiger partial charge in [0.25, 0.3) is 0 Å². The summed E-state index contributed by atoms with van der Waals surface area (Å²) in [5.74, 6) is -0.649. The highest BCUT2D eigenvalue weighted by Gasteiger charge is 2.42. The van der Waals surface area contributed by atoms with E-state index in [1.165, 1.54) is 0 Å². The second kappa shape index (κ2) is 6.41. The van der Waals surface area contributed by atoms with E-state index < -0.39 is 11.2 Å². The molecule has 3 nitrogen and oxygen atoms in total. The van der Waals surface area contributed by atoms with Gasteiger partial charge >= 0.3 is 0 Å². The Morgan fingerprint density at radius 2 is 1.71 bits per heavy atom. The summed E-state index contributed by atoms with van der Waals surface area (Å²) in [4.78, 5) is 0. The van der Waals surface area contributed by atoms with Crippen LogP contribution < -0.4 is 4.74 Å². The van der Waals surface area contributed by atoms with Gasteiger partial charge in [0.15, 0.2) is 0 Å². The fourth-order valence-corrected chi connectivity index (χ4v) is 3.23. The van der Waals surface area contributed by atoms with Crippen LogP contribution in [0.15, 0.2) is 30.3 Å². The minimum Gasteiger partial charge on any atom is -0.495 e. The first-order chi connectivity index (χ1) is 10.0. The Hall–Kier alpha value is -1.00. The van der Waals surface area contributed by atoms with Gasteiger partial charge in [-0.05, 0) is 23.8 Å². The Kier molecular flexibility index (Phi) is 4.99. The van der Waals surface area contributed by atoms with E-state index in [-0.39, 0.29) is 0 Å². The Bertz CT molecular complexity index is 637. The quantitative estimate of drug-likeness (QED) is 0.594. The fourth-order valence-electron chi connectivity index (χ4n) is 2.65. The van der Waals surface area contributed by atoms with E-state index in [2.05, 4.69) is 0 Å². The molecule has 21 heavy (non-hydrogen) atoms. The Morgan fingerprint density at radius 3 is 2.24 bits per heavy atom. The van der Waals surface area contributed by atoms with E-state index in [1.807, 2.05) is 37.3 Å². The Morgan fingerprint density at radius 1 is 1.10 bits per heavy atom. The second-order valence-electron chi connectivity index (χ2n) is 4.68. The average molecular weight is 329 g/mol. The third-order valence-electron chi connectivity index (χ3n) is 3.64. The fraction of sp³-hybridized carbons (Fsp3) is 0.375. The topological polar surface area (TPSA) is 27.7 Å². The summed E-state index contributed by atoms with van der Waals surface area (Å²) in [5.41, 5.74) is 0.695. The van der Waals surface area contributed by atoms with Crippen LogP contribution in [0.4, 0.5) is 0 Å². The number of hydrogen-bond donors (Lipinski definition) is 0. The summed E-state index contributed by atoms with van der Waals surface area (Å²) in [6.45, 7) is 1.81. The van der Waals surface area contributed by atoms with Gasteiger partial charge in [-0.1, -0.05) is 35.9 Å². The monoisotopic (exact) mass is 328 g/mol. The molecule has 0 heterocycles. The van der Waals surface area contributed by atoms with Crippen LogP contribution in [0, 0.1) is 0 Å². The summed E-state index contributed by atoms with van der Waals surface area (Å²) >= 11 is 12.7. The Balaban J connectivity index is 2.93. The minimum atomic E-state index is -1.16. The van der Waals surface area contributed by atoms with Crippen molar-refractivity contribution in [2.24, 2.45) is 0 Å². The highest BCUT2D eigenvalue weighted by molar-refractivity contribution is 6.33. The molecule has 0 fully saturated rings.